The van der Waals surface area contributed by atoms with E-state index in [1.54, 1.807) is 0 Å². The molecule has 2 unspecified atom stereocenters. The summed E-state index contributed by atoms with van der Waals surface area (Å²) in [4.78, 5) is 0. The average molecular weight is 207 g/mol. The first-order chi connectivity index (χ1) is 7.28. The Balaban J connectivity index is 1.88. The van der Waals surface area contributed by atoms with E-state index in [0.717, 1.165) is 12.3 Å². The molecule has 2 heterocycles. The molecule has 1 N–H and O–H groups in total. The first-order valence-electron chi connectivity index (χ1n) is 6.00. The Labute approximate surface area is 91.9 Å². The van der Waals surface area contributed by atoms with Gasteiger partial charge in [0.2, 0.25) is 0 Å². The van der Waals surface area contributed by atoms with Gasteiger partial charge in [0, 0.05) is 25.7 Å². The largest absolute Gasteiger partial charge is 0.314 e. The van der Waals surface area contributed by atoms with Crippen molar-refractivity contribution in [1.29, 1.82) is 0 Å². The summed E-state index contributed by atoms with van der Waals surface area (Å²) in [5.74, 6) is 0.917. The van der Waals surface area contributed by atoms with Crippen LogP contribution in [0.5, 0.6) is 0 Å². The van der Waals surface area contributed by atoms with Gasteiger partial charge in [-0.15, -0.1) is 0 Å². The topological polar surface area (TPSA) is 29.9 Å². The van der Waals surface area contributed by atoms with Crippen molar-refractivity contribution >= 4 is 0 Å². The van der Waals surface area contributed by atoms with Crippen LogP contribution in [-0.4, -0.2) is 22.4 Å². The van der Waals surface area contributed by atoms with Gasteiger partial charge in [-0.1, -0.05) is 13.3 Å². The van der Waals surface area contributed by atoms with Crippen molar-refractivity contribution in [2.75, 3.05) is 6.54 Å². The fourth-order valence-electron chi connectivity index (χ4n) is 2.45. The Morgan fingerprint density at radius 3 is 3.13 bits per heavy atom. The van der Waals surface area contributed by atoms with Gasteiger partial charge in [0.1, 0.15) is 0 Å². The van der Waals surface area contributed by atoms with Gasteiger partial charge in [0.05, 0.1) is 5.69 Å². The van der Waals surface area contributed by atoms with Crippen LogP contribution in [0.15, 0.2) is 12.3 Å². The highest BCUT2D eigenvalue weighted by atomic mass is 15.2. The van der Waals surface area contributed by atoms with Crippen molar-refractivity contribution < 1.29 is 0 Å². The highest BCUT2D eigenvalue weighted by Crippen LogP contribution is 2.20. The molecule has 1 fully saturated rings. The summed E-state index contributed by atoms with van der Waals surface area (Å²) in [6, 6.07) is 2.76. The van der Waals surface area contributed by atoms with Crippen molar-refractivity contribution in [1.82, 2.24) is 15.1 Å². The number of piperidine rings is 1. The van der Waals surface area contributed by atoms with Crippen molar-refractivity contribution in [3.8, 4) is 0 Å². The molecule has 0 amide bonds. The maximum absolute atomic E-state index is 4.43. The molecule has 3 heteroatoms. The zero-order valence-electron chi connectivity index (χ0n) is 9.74. The Morgan fingerprint density at radius 2 is 2.47 bits per heavy atom. The van der Waals surface area contributed by atoms with Gasteiger partial charge in [-0.2, -0.15) is 5.10 Å². The summed E-state index contributed by atoms with van der Waals surface area (Å²) in [5, 5.41) is 8.02. The number of hydrogen-bond donors (Lipinski definition) is 1. The van der Waals surface area contributed by atoms with E-state index in [1.165, 1.54) is 31.5 Å². The lowest BCUT2D eigenvalue weighted by atomic mass is 9.88. The molecule has 0 spiro atoms. The fraction of sp³-hybridized carbons (Fsp3) is 0.750. The van der Waals surface area contributed by atoms with E-state index in [9.17, 15) is 0 Å². The molecule has 1 saturated heterocycles. The molecular weight excluding hydrogens is 186 g/mol. The summed E-state index contributed by atoms with van der Waals surface area (Å²) in [7, 11) is 1.98. The minimum absolute atomic E-state index is 0.638. The summed E-state index contributed by atoms with van der Waals surface area (Å²) in [6.07, 6.45) is 7.08. The molecule has 1 aromatic heterocycles. The second-order valence-corrected chi connectivity index (χ2v) is 4.63. The molecule has 0 saturated carbocycles. The second kappa shape index (κ2) is 4.79. The minimum Gasteiger partial charge on any atom is -0.314 e. The van der Waals surface area contributed by atoms with E-state index >= 15 is 0 Å². The molecule has 0 aromatic carbocycles. The molecule has 84 valence electrons. The van der Waals surface area contributed by atoms with Crippen LogP contribution in [0.25, 0.3) is 0 Å². The smallest absolute Gasteiger partial charge is 0.0640 e. The molecule has 0 aliphatic carbocycles. The number of nitrogens with zero attached hydrogens (tertiary/aromatic N) is 2. The first kappa shape index (κ1) is 10.7. The summed E-state index contributed by atoms with van der Waals surface area (Å²) in [6.45, 7) is 3.48. The number of aromatic nitrogens is 2. The van der Waals surface area contributed by atoms with Crippen LogP contribution < -0.4 is 5.32 Å². The SMILES string of the molecule is CCC1CCNC(Cc2ccn(C)n2)C1. The zero-order chi connectivity index (χ0) is 10.7. The van der Waals surface area contributed by atoms with Crippen LogP contribution in [0, 0.1) is 5.92 Å². The molecule has 3 nitrogen and oxygen atoms in total. The molecule has 2 rings (SSSR count). The van der Waals surface area contributed by atoms with Crippen LogP contribution in [0.1, 0.15) is 31.9 Å². The van der Waals surface area contributed by atoms with E-state index < -0.39 is 0 Å². The van der Waals surface area contributed by atoms with Crippen LogP contribution in [-0.2, 0) is 13.5 Å². The summed E-state index contributed by atoms with van der Waals surface area (Å²) >= 11 is 0. The lowest BCUT2D eigenvalue weighted by Crippen LogP contribution is -2.39. The van der Waals surface area contributed by atoms with Crippen molar-refractivity contribution in [3.63, 3.8) is 0 Å². The van der Waals surface area contributed by atoms with Crippen LogP contribution in [0.4, 0.5) is 0 Å². The molecular formula is C12H21N3. The number of rotatable bonds is 3. The van der Waals surface area contributed by atoms with E-state index in [4.69, 9.17) is 0 Å². The monoisotopic (exact) mass is 207 g/mol. The van der Waals surface area contributed by atoms with E-state index in [1.807, 2.05) is 17.9 Å². The molecule has 1 aliphatic heterocycles. The van der Waals surface area contributed by atoms with E-state index in [0.29, 0.717) is 6.04 Å². The van der Waals surface area contributed by atoms with E-state index in [2.05, 4.69) is 23.4 Å². The van der Waals surface area contributed by atoms with Crippen LogP contribution in [0.2, 0.25) is 0 Å². The molecule has 1 aromatic rings. The van der Waals surface area contributed by atoms with E-state index in [-0.39, 0.29) is 0 Å². The predicted molar refractivity (Wildman–Crippen MR) is 61.7 cm³/mol. The third kappa shape index (κ3) is 2.81. The van der Waals surface area contributed by atoms with Crippen molar-refractivity contribution in [3.05, 3.63) is 18.0 Å². The first-order valence-corrected chi connectivity index (χ1v) is 6.00. The average Bonchev–Trinajstić information content (AvgIpc) is 2.64. The lowest BCUT2D eigenvalue weighted by molar-refractivity contribution is 0.292. The Bertz CT molecular complexity index is 306. The molecule has 15 heavy (non-hydrogen) atoms. The molecule has 0 radical (unpaired) electrons. The third-order valence-corrected chi connectivity index (χ3v) is 3.41. The van der Waals surface area contributed by atoms with Gasteiger partial charge in [0.25, 0.3) is 0 Å². The van der Waals surface area contributed by atoms with Gasteiger partial charge in [0.15, 0.2) is 0 Å². The van der Waals surface area contributed by atoms with Gasteiger partial charge < -0.3 is 5.32 Å². The number of nitrogens with one attached hydrogen (secondary N) is 1. The van der Waals surface area contributed by atoms with Crippen molar-refractivity contribution in [2.45, 2.75) is 38.6 Å². The molecule has 1 aliphatic rings. The van der Waals surface area contributed by atoms with Crippen molar-refractivity contribution in [2.24, 2.45) is 13.0 Å². The van der Waals surface area contributed by atoms with Crippen LogP contribution >= 0.6 is 0 Å². The van der Waals surface area contributed by atoms with Gasteiger partial charge >= 0.3 is 0 Å². The standard InChI is InChI=1S/C12H21N3/c1-3-10-4-6-13-12(8-10)9-11-5-7-15(2)14-11/h5,7,10,12-13H,3-4,6,8-9H2,1-2H3. The van der Waals surface area contributed by atoms with Gasteiger partial charge in [-0.3, -0.25) is 4.68 Å². The van der Waals surface area contributed by atoms with Gasteiger partial charge in [-0.05, 0) is 31.4 Å². The fourth-order valence-corrected chi connectivity index (χ4v) is 2.45. The lowest BCUT2D eigenvalue weighted by Gasteiger charge is -2.29. The Hall–Kier alpha value is -0.830. The highest BCUT2D eigenvalue weighted by Gasteiger charge is 2.20. The minimum atomic E-state index is 0.638. The predicted octanol–water partition coefficient (Wildman–Crippen LogP) is 1.74. The van der Waals surface area contributed by atoms with Crippen LogP contribution in [0.3, 0.4) is 0 Å². The molecule has 0 bridgehead atoms. The quantitative estimate of drug-likeness (QED) is 0.818. The number of aryl methyl sites for hydroxylation is 1. The maximum atomic E-state index is 4.43. The number of hydrogen-bond acceptors (Lipinski definition) is 2. The Morgan fingerprint density at radius 1 is 1.60 bits per heavy atom. The van der Waals surface area contributed by atoms with Gasteiger partial charge in [-0.25, -0.2) is 0 Å². The highest BCUT2D eigenvalue weighted by molar-refractivity contribution is 5.02. The zero-order valence-corrected chi connectivity index (χ0v) is 9.74. The second-order valence-electron chi connectivity index (χ2n) is 4.63. The summed E-state index contributed by atoms with van der Waals surface area (Å²) < 4.78 is 1.88. The maximum Gasteiger partial charge on any atom is 0.0640 e. The third-order valence-electron chi connectivity index (χ3n) is 3.41. The summed E-state index contributed by atoms with van der Waals surface area (Å²) in [5.41, 5.74) is 1.21. The molecule has 2 atom stereocenters. The normalized spacial score (nSPS) is 26.8. The Kier molecular flexibility index (Phi) is 3.41.